The molecule has 0 spiro atoms. The highest BCUT2D eigenvalue weighted by molar-refractivity contribution is 5.79. The molecule has 2 heterocycles. The molecular weight excluding hydrogens is 230 g/mol. The summed E-state index contributed by atoms with van der Waals surface area (Å²) < 4.78 is 0. The number of anilines is 1. The van der Waals surface area contributed by atoms with Gasteiger partial charge in [0.15, 0.2) is 0 Å². The van der Waals surface area contributed by atoms with Crippen LogP contribution in [0.3, 0.4) is 0 Å². The Morgan fingerprint density at radius 1 is 1.50 bits per heavy atom. The van der Waals surface area contributed by atoms with Crippen LogP contribution in [0.5, 0.6) is 0 Å². The molecule has 1 aliphatic rings. The highest BCUT2D eigenvalue weighted by atomic mass is 16.1. The van der Waals surface area contributed by atoms with Crippen LogP contribution in [0, 0.1) is 0 Å². The van der Waals surface area contributed by atoms with E-state index in [2.05, 4.69) is 15.3 Å². The van der Waals surface area contributed by atoms with Crippen LogP contribution < -0.4 is 17.0 Å². The molecule has 0 aromatic carbocycles. The number of piperidine rings is 1. The minimum atomic E-state index is -0.247. The van der Waals surface area contributed by atoms with Gasteiger partial charge < -0.3 is 11.2 Å². The van der Waals surface area contributed by atoms with Gasteiger partial charge in [-0.2, -0.15) is 0 Å². The number of nitrogens with zero attached hydrogens (tertiary/aromatic N) is 2. The van der Waals surface area contributed by atoms with E-state index in [1.165, 1.54) is 0 Å². The summed E-state index contributed by atoms with van der Waals surface area (Å²) in [6.45, 7) is 1.51. The van der Waals surface area contributed by atoms with E-state index in [1.807, 2.05) is 12.1 Å². The first-order chi connectivity index (χ1) is 8.70. The Bertz CT molecular complexity index is 423. The maximum Gasteiger partial charge on any atom is 0.234 e. The number of hydrazine groups is 1. The number of nitrogens with two attached hydrogens (primary N) is 2. The van der Waals surface area contributed by atoms with Crippen molar-refractivity contribution < 1.29 is 4.79 Å². The van der Waals surface area contributed by atoms with Gasteiger partial charge >= 0.3 is 0 Å². The second-order valence-electron chi connectivity index (χ2n) is 4.54. The summed E-state index contributed by atoms with van der Waals surface area (Å²) in [5.41, 5.74) is 8.84. The third-order valence-corrected chi connectivity index (χ3v) is 3.26. The molecule has 6 nitrogen and oxygen atoms in total. The average Bonchev–Trinajstić information content (AvgIpc) is 2.39. The van der Waals surface area contributed by atoms with E-state index in [0.717, 1.165) is 31.5 Å². The molecule has 1 amide bonds. The Labute approximate surface area is 106 Å². The minimum Gasteiger partial charge on any atom is -0.368 e. The monoisotopic (exact) mass is 249 g/mol. The molecule has 1 atom stereocenters. The number of hydrogen-bond donors (Lipinski definition) is 3. The van der Waals surface area contributed by atoms with Gasteiger partial charge in [-0.3, -0.25) is 9.69 Å². The Balaban J connectivity index is 2.08. The lowest BCUT2D eigenvalue weighted by atomic mass is 10.0. The van der Waals surface area contributed by atoms with Crippen LogP contribution in [-0.2, 0) is 11.3 Å². The number of likely N-dealkylation sites (tertiary alicyclic amines) is 1. The van der Waals surface area contributed by atoms with Crippen molar-refractivity contribution in [2.24, 2.45) is 11.6 Å². The molecule has 1 aliphatic heterocycles. The molecule has 0 radical (unpaired) electrons. The van der Waals surface area contributed by atoms with Crippen LogP contribution in [-0.4, -0.2) is 28.4 Å². The number of pyridine rings is 1. The van der Waals surface area contributed by atoms with E-state index in [9.17, 15) is 4.79 Å². The average molecular weight is 249 g/mol. The zero-order chi connectivity index (χ0) is 13.0. The van der Waals surface area contributed by atoms with E-state index in [-0.39, 0.29) is 11.9 Å². The largest absolute Gasteiger partial charge is 0.368 e. The van der Waals surface area contributed by atoms with E-state index >= 15 is 0 Å². The molecule has 18 heavy (non-hydrogen) atoms. The summed E-state index contributed by atoms with van der Waals surface area (Å²) in [6, 6.07) is 5.44. The van der Waals surface area contributed by atoms with Gasteiger partial charge in [0.2, 0.25) is 5.91 Å². The lowest BCUT2D eigenvalue weighted by Crippen LogP contribution is -2.47. The number of aromatic nitrogens is 1. The smallest absolute Gasteiger partial charge is 0.234 e. The molecule has 1 aromatic heterocycles. The van der Waals surface area contributed by atoms with Crippen molar-refractivity contribution in [2.75, 3.05) is 12.0 Å². The minimum absolute atomic E-state index is 0.171. The lowest BCUT2D eigenvalue weighted by molar-refractivity contribution is -0.124. The van der Waals surface area contributed by atoms with Crippen molar-refractivity contribution >= 4 is 11.7 Å². The number of hydrogen-bond acceptors (Lipinski definition) is 5. The zero-order valence-corrected chi connectivity index (χ0v) is 10.3. The molecule has 0 saturated carbocycles. The molecule has 0 bridgehead atoms. The maximum absolute atomic E-state index is 11.4. The summed E-state index contributed by atoms with van der Waals surface area (Å²) >= 11 is 0. The number of carbonyl (C=O) groups is 1. The molecule has 0 aliphatic carbocycles. The summed E-state index contributed by atoms with van der Waals surface area (Å²) in [5.74, 6) is 5.70. The second-order valence-corrected chi connectivity index (χ2v) is 4.54. The molecule has 1 aromatic rings. The van der Waals surface area contributed by atoms with Gasteiger partial charge in [-0.15, -0.1) is 0 Å². The van der Waals surface area contributed by atoms with Gasteiger partial charge in [0, 0.05) is 6.54 Å². The van der Waals surface area contributed by atoms with Crippen LogP contribution >= 0.6 is 0 Å². The highest BCUT2D eigenvalue weighted by Gasteiger charge is 2.26. The third kappa shape index (κ3) is 2.96. The molecule has 98 valence electrons. The van der Waals surface area contributed by atoms with Gasteiger partial charge in [0.25, 0.3) is 0 Å². The van der Waals surface area contributed by atoms with Crippen molar-refractivity contribution in [3.05, 3.63) is 23.9 Å². The van der Waals surface area contributed by atoms with Crippen LogP contribution in [0.1, 0.15) is 25.0 Å². The Morgan fingerprint density at radius 2 is 2.33 bits per heavy atom. The van der Waals surface area contributed by atoms with E-state index < -0.39 is 0 Å². The number of primary amides is 1. The zero-order valence-electron chi connectivity index (χ0n) is 10.3. The van der Waals surface area contributed by atoms with E-state index in [4.69, 9.17) is 11.6 Å². The molecule has 5 N–H and O–H groups in total. The topological polar surface area (TPSA) is 97.3 Å². The van der Waals surface area contributed by atoms with Gasteiger partial charge in [-0.1, -0.05) is 12.5 Å². The predicted octanol–water partition coefficient (Wildman–Crippen LogP) is 0.207. The number of amides is 1. The Hall–Kier alpha value is -1.66. The SMILES string of the molecule is NNc1cccc(CN2CCCCC2C(N)=O)n1. The highest BCUT2D eigenvalue weighted by Crippen LogP contribution is 2.19. The lowest BCUT2D eigenvalue weighted by Gasteiger charge is -2.33. The molecule has 1 unspecified atom stereocenters. The van der Waals surface area contributed by atoms with Crippen molar-refractivity contribution in [1.82, 2.24) is 9.88 Å². The third-order valence-electron chi connectivity index (χ3n) is 3.26. The maximum atomic E-state index is 11.4. The quantitative estimate of drug-likeness (QED) is 0.523. The van der Waals surface area contributed by atoms with Crippen molar-refractivity contribution in [3.8, 4) is 0 Å². The first-order valence-corrected chi connectivity index (χ1v) is 6.16. The fourth-order valence-corrected chi connectivity index (χ4v) is 2.36. The Morgan fingerprint density at radius 3 is 3.06 bits per heavy atom. The summed E-state index contributed by atoms with van der Waals surface area (Å²) in [5, 5.41) is 0. The first-order valence-electron chi connectivity index (χ1n) is 6.16. The fraction of sp³-hybridized carbons (Fsp3) is 0.500. The van der Waals surface area contributed by atoms with Crippen molar-refractivity contribution in [1.29, 1.82) is 0 Å². The molecule has 1 fully saturated rings. The number of carbonyl (C=O) groups excluding carboxylic acids is 1. The van der Waals surface area contributed by atoms with Crippen LogP contribution in [0.4, 0.5) is 5.82 Å². The second kappa shape index (κ2) is 5.79. The predicted molar refractivity (Wildman–Crippen MR) is 69.3 cm³/mol. The fourth-order valence-electron chi connectivity index (χ4n) is 2.36. The normalized spacial score (nSPS) is 20.6. The summed E-state index contributed by atoms with van der Waals surface area (Å²) in [7, 11) is 0. The van der Waals surface area contributed by atoms with Crippen molar-refractivity contribution in [2.45, 2.75) is 31.8 Å². The van der Waals surface area contributed by atoms with Crippen molar-refractivity contribution in [3.63, 3.8) is 0 Å². The summed E-state index contributed by atoms with van der Waals surface area (Å²) in [4.78, 5) is 17.8. The molecule has 6 heteroatoms. The standard InChI is InChI=1S/C12H19N5O/c13-12(18)10-5-1-2-7-17(10)8-9-4-3-6-11(15-9)16-14/h3-4,6,10H,1-2,5,7-8,14H2,(H2,13,18)(H,15,16). The van der Waals surface area contributed by atoms with Gasteiger partial charge in [-0.05, 0) is 31.5 Å². The summed E-state index contributed by atoms with van der Waals surface area (Å²) in [6.07, 6.45) is 2.99. The van der Waals surface area contributed by atoms with Crippen LogP contribution in [0.25, 0.3) is 0 Å². The number of nitrogen functional groups attached to an aromatic ring is 1. The van der Waals surface area contributed by atoms with E-state index in [1.54, 1.807) is 6.07 Å². The van der Waals surface area contributed by atoms with Gasteiger partial charge in [0.1, 0.15) is 5.82 Å². The van der Waals surface area contributed by atoms with Gasteiger partial charge in [0.05, 0.1) is 11.7 Å². The molecule has 2 rings (SSSR count). The number of rotatable bonds is 4. The van der Waals surface area contributed by atoms with E-state index in [0.29, 0.717) is 12.4 Å². The first kappa shape index (κ1) is 12.8. The molecular formula is C12H19N5O. The Kier molecular flexibility index (Phi) is 4.11. The van der Waals surface area contributed by atoms with Crippen LogP contribution in [0.2, 0.25) is 0 Å². The number of nitrogens with one attached hydrogen (secondary N) is 1. The molecule has 1 saturated heterocycles. The van der Waals surface area contributed by atoms with Crippen LogP contribution in [0.15, 0.2) is 18.2 Å². The van der Waals surface area contributed by atoms with Gasteiger partial charge in [-0.25, -0.2) is 10.8 Å².